The van der Waals surface area contributed by atoms with Gasteiger partial charge >= 0.3 is 0 Å². The minimum absolute atomic E-state index is 0.212. The van der Waals surface area contributed by atoms with Gasteiger partial charge in [0.1, 0.15) is 5.82 Å². The molecule has 0 spiro atoms. The summed E-state index contributed by atoms with van der Waals surface area (Å²) in [7, 11) is 0. The summed E-state index contributed by atoms with van der Waals surface area (Å²) in [5, 5.41) is 10.5. The summed E-state index contributed by atoms with van der Waals surface area (Å²) in [5.74, 6) is 0.663. The van der Waals surface area contributed by atoms with Gasteiger partial charge in [-0.2, -0.15) is 0 Å². The Morgan fingerprint density at radius 2 is 1.96 bits per heavy atom. The van der Waals surface area contributed by atoms with Gasteiger partial charge in [-0.05, 0) is 55.6 Å². The van der Waals surface area contributed by atoms with Gasteiger partial charge in [-0.25, -0.2) is 14.4 Å². The Labute approximate surface area is 145 Å². The first-order valence-electron chi connectivity index (χ1n) is 8.63. The molecule has 1 saturated heterocycles. The highest BCUT2D eigenvalue weighted by atomic mass is 19.1. The molecule has 0 saturated carbocycles. The summed E-state index contributed by atoms with van der Waals surface area (Å²) in [6.45, 7) is 2.64. The van der Waals surface area contributed by atoms with Crippen molar-refractivity contribution in [2.45, 2.75) is 25.5 Å². The van der Waals surface area contributed by atoms with Gasteiger partial charge in [0.15, 0.2) is 0 Å². The van der Waals surface area contributed by atoms with E-state index in [-0.39, 0.29) is 11.7 Å². The van der Waals surface area contributed by atoms with Crippen LogP contribution in [0.15, 0.2) is 48.9 Å². The van der Waals surface area contributed by atoms with E-state index < -0.39 is 6.10 Å². The number of piperidine rings is 1. The fourth-order valence-electron chi connectivity index (χ4n) is 3.54. The summed E-state index contributed by atoms with van der Waals surface area (Å²) < 4.78 is 15.0. The minimum atomic E-state index is -0.526. The topological polar surface area (TPSA) is 53.7 Å². The van der Waals surface area contributed by atoms with Crippen LogP contribution in [0.5, 0.6) is 0 Å². The fourth-order valence-corrected chi connectivity index (χ4v) is 3.54. The molecule has 6 heteroatoms. The SMILES string of the molecule is OC(c1ccc(F)cc1)C1CCN(Cc2cn3cccnc3n2)CC1. The second kappa shape index (κ2) is 6.90. The molecule has 1 fully saturated rings. The number of hydrogen-bond acceptors (Lipinski definition) is 4. The Balaban J connectivity index is 1.35. The highest BCUT2D eigenvalue weighted by Gasteiger charge is 2.26. The monoisotopic (exact) mass is 340 g/mol. The van der Waals surface area contributed by atoms with Crippen LogP contribution in [-0.4, -0.2) is 37.5 Å². The quantitative estimate of drug-likeness (QED) is 0.793. The number of imidazole rings is 1. The Morgan fingerprint density at radius 1 is 1.20 bits per heavy atom. The number of hydrogen-bond donors (Lipinski definition) is 1. The highest BCUT2D eigenvalue weighted by Crippen LogP contribution is 2.31. The van der Waals surface area contributed by atoms with Crippen LogP contribution in [0.25, 0.3) is 5.78 Å². The largest absolute Gasteiger partial charge is 0.388 e. The predicted octanol–water partition coefficient (Wildman–Crippen LogP) is 2.81. The van der Waals surface area contributed by atoms with E-state index in [9.17, 15) is 9.50 Å². The van der Waals surface area contributed by atoms with Gasteiger partial charge in [0.2, 0.25) is 5.78 Å². The van der Waals surface area contributed by atoms with Gasteiger partial charge in [0.25, 0.3) is 0 Å². The molecule has 1 aliphatic rings. The zero-order valence-corrected chi connectivity index (χ0v) is 13.9. The molecule has 5 nitrogen and oxygen atoms in total. The number of rotatable bonds is 4. The molecule has 4 rings (SSSR count). The summed E-state index contributed by atoms with van der Waals surface area (Å²) in [4.78, 5) is 11.1. The number of benzene rings is 1. The number of aliphatic hydroxyl groups is 1. The number of halogens is 1. The Morgan fingerprint density at radius 3 is 2.68 bits per heavy atom. The molecule has 3 aromatic rings. The Hall–Kier alpha value is -2.31. The van der Waals surface area contributed by atoms with Crippen molar-refractivity contribution in [3.63, 3.8) is 0 Å². The van der Waals surface area contributed by atoms with E-state index in [4.69, 9.17) is 0 Å². The molecule has 0 bridgehead atoms. The van der Waals surface area contributed by atoms with Crippen LogP contribution in [-0.2, 0) is 6.54 Å². The smallest absolute Gasteiger partial charge is 0.233 e. The molecule has 2 aromatic heterocycles. The fraction of sp³-hybridized carbons (Fsp3) is 0.368. The molecule has 1 aliphatic heterocycles. The third kappa shape index (κ3) is 3.55. The number of fused-ring (bicyclic) bond motifs is 1. The third-order valence-corrected chi connectivity index (χ3v) is 4.96. The van der Waals surface area contributed by atoms with Crippen molar-refractivity contribution < 1.29 is 9.50 Å². The average molecular weight is 340 g/mol. The first kappa shape index (κ1) is 16.2. The van der Waals surface area contributed by atoms with Gasteiger partial charge < -0.3 is 5.11 Å². The third-order valence-electron chi connectivity index (χ3n) is 4.96. The van der Waals surface area contributed by atoms with Crippen molar-refractivity contribution in [1.29, 1.82) is 0 Å². The normalized spacial score (nSPS) is 17.8. The van der Waals surface area contributed by atoms with Crippen LogP contribution < -0.4 is 0 Å². The second-order valence-corrected chi connectivity index (χ2v) is 6.67. The van der Waals surface area contributed by atoms with E-state index in [1.54, 1.807) is 18.3 Å². The molecular weight excluding hydrogens is 319 g/mol. The summed E-state index contributed by atoms with van der Waals surface area (Å²) >= 11 is 0. The van der Waals surface area contributed by atoms with E-state index in [1.165, 1.54) is 12.1 Å². The second-order valence-electron chi connectivity index (χ2n) is 6.67. The molecule has 1 N–H and O–H groups in total. The van der Waals surface area contributed by atoms with Crippen LogP contribution in [0.3, 0.4) is 0 Å². The zero-order chi connectivity index (χ0) is 17.2. The molecule has 0 radical (unpaired) electrons. The average Bonchev–Trinajstić information content (AvgIpc) is 3.05. The van der Waals surface area contributed by atoms with Crippen molar-refractivity contribution in [2.75, 3.05) is 13.1 Å². The van der Waals surface area contributed by atoms with Crippen molar-refractivity contribution in [3.05, 3.63) is 66.0 Å². The first-order valence-corrected chi connectivity index (χ1v) is 8.63. The van der Waals surface area contributed by atoms with Crippen molar-refractivity contribution in [3.8, 4) is 0 Å². The molecule has 0 amide bonds. The molecule has 0 aliphatic carbocycles. The van der Waals surface area contributed by atoms with Gasteiger partial charge in [0, 0.05) is 25.1 Å². The minimum Gasteiger partial charge on any atom is -0.388 e. The van der Waals surface area contributed by atoms with Crippen molar-refractivity contribution in [2.24, 2.45) is 5.92 Å². The van der Waals surface area contributed by atoms with Crippen molar-refractivity contribution in [1.82, 2.24) is 19.3 Å². The maximum Gasteiger partial charge on any atom is 0.233 e. The van der Waals surface area contributed by atoms with Crippen LogP contribution in [0.1, 0.15) is 30.2 Å². The zero-order valence-electron chi connectivity index (χ0n) is 13.9. The van der Waals surface area contributed by atoms with Crippen LogP contribution >= 0.6 is 0 Å². The summed E-state index contributed by atoms with van der Waals surface area (Å²) in [5.41, 5.74) is 1.81. The standard InChI is InChI=1S/C19H21FN4O/c20-16-4-2-14(3-5-16)18(25)15-6-10-23(11-7-15)12-17-13-24-9-1-8-21-19(24)22-17/h1-5,8-9,13,15,18,25H,6-7,10-12H2. The Bertz CT molecular complexity index is 807. The summed E-state index contributed by atoms with van der Waals surface area (Å²) in [6.07, 6.45) is 7.02. The van der Waals surface area contributed by atoms with Gasteiger partial charge in [-0.3, -0.25) is 9.30 Å². The molecule has 1 aromatic carbocycles. The first-order chi connectivity index (χ1) is 12.2. The lowest BCUT2D eigenvalue weighted by atomic mass is 9.87. The molecular formula is C19H21FN4O. The lowest BCUT2D eigenvalue weighted by Crippen LogP contribution is -2.35. The van der Waals surface area contributed by atoms with E-state index in [0.717, 1.165) is 49.5 Å². The highest BCUT2D eigenvalue weighted by molar-refractivity contribution is 5.29. The molecule has 3 heterocycles. The Kier molecular flexibility index (Phi) is 4.46. The molecule has 1 unspecified atom stereocenters. The maximum absolute atomic E-state index is 13.0. The van der Waals surface area contributed by atoms with E-state index >= 15 is 0 Å². The van der Waals surface area contributed by atoms with Crippen LogP contribution in [0, 0.1) is 11.7 Å². The predicted molar refractivity (Wildman–Crippen MR) is 92.3 cm³/mol. The number of likely N-dealkylation sites (tertiary alicyclic amines) is 1. The number of aromatic nitrogens is 3. The number of aliphatic hydroxyl groups excluding tert-OH is 1. The van der Waals surface area contributed by atoms with Crippen LogP contribution in [0.4, 0.5) is 4.39 Å². The van der Waals surface area contributed by atoms with Gasteiger partial charge in [0.05, 0.1) is 11.8 Å². The lowest BCUT2D eigenvalue weighted by molar-refractivity contribution is 0.0564. The van der Waals surface area contributed by atoms with Gasteiger partial charge in [-0.1, -0.05) is 12.1 Å². The number of nitrogens with zero attached hydrogens (tertiary/aromatic N) is 4. The molecule has 25 heavy (non-hydrogen) atoms. The van der Waals surface area contributed by atoms with Gasteiger partial charge in [-0.15, -0.1) is 0 Å². The van der Waals surface area contributed by atoms with E-state index in [0.29, 0.717) is 0 Å². The van der Waals surface area contributed by atoms with Crippen LogP contribution in [0.2, 0.25) is 0 Å². The van der Waals surface area contributed by atoms with E-state index in [2.05, 4.69) is 14.9 Å². The lowest BCUT2D eigenvalue weighted by Gasteiger charge is -2.34. The summed E-state index contributed by atoms with van der Waals surface area (Å²) in [6, 6.07) is 8.06. The maximum atomic E-state index is 13.0. The van der Waals surface area contributed by atoms with E-state index in [1.807, 2.05) is 22.9 Å². The molecule has 130 valence electrons. The molecule has 1 atom stereocenters. The van der Waals surface area contributed by atoms with Crippen molar-refractivity contribution >= 4 is 5.78 Å².